The predicted octanol–water partition coefficient (Wildman–Crippen LogP) is -1.29. The van der Waals surface area contributed by atoms with Crippen molar-refractivity contribution in [3.8, 4) is 0 Å². The summed E-state index contributed by atoms with van der Waals surface area (Å²) in [5.74, 6) is 0. The Labute approximate surface area is 77.1 Å². The van der Waals surface area contributed by atoms with Crippen LogP contribution in [0.25, 0.3) is 0 Å². The molecule has 0 atom stereocenters. The Bertz CT molecular complexity index is 156. The molecule has 12 heavy (non-hydrogen) atoms. The molecular weight excluding hydrogens is 194 g/mol. The van der Waals surface area contributed by atoms with Crippen molar-refractivity contribution in [2.75, 3.05) is 21.0 Å². The quantitative estimate of drug-likeness (QED) is 0.321. The molecule has 0 heterocycles. The monoisotopic (exact) mass is 209 g/mol. The van der Waals surface area contributed by atoms with Crippen molar-refractivity contribution < 1.29 is 18.1 Å². The highest BCUT2D eigenvalue weighted by molar-refractivity contribution is 6.59. The first-order chi connectivity index (χ1) is 5.18. The van der Waals surface area contributed by atoms with E-state index in [-0.39, 0.29) is 17.7 Å². The van der Waals surface area contributed by atoms with E-state index in [2.05, 4.69) is 4.99 Å². The van der Waals surface area contributed by atoms with Crippen molar-refractivity contribution in [2.24, 2.45) is 4.99 Å². The Balaban J connectivity index is 0. The summed E-state index contributed by atoms with van der Waals surface area (Å²) in [6.07, 6.45) is 1.35. The second kappa shape index (κ2) is 7.35. The molecule has 5 nitrogen and oxygen atoms in total. The van der Waals surface area contributed by atoms with E-state index in [4.69, 9.17) is 13.3 Å². The fraction of sp³-hybridized carbons (Fsp3) is 0.800. The van der Waals surface area contributed by atoms with E-state index >= 15 is 0 Å². The Kier molecular flexibility index (Phi) is 8.71. The maximum Gasteiger partial charge on any atom is 0.498 e. The second-order valence-corrected chi connectivity index (χ2v) is 4.62. The normalized spacial score (nSPS) is 9.92. The number of hydrogen-bond acceptors (Lipinski definition) is 5. The van der Waals surface area contributed by atoms with E-state index in [0.29, 0.717) is 0 Å². The minimum Gasteiger partial charge on any atom is -0.377 e. The van der Waals surface area contributed by atoms with Crippen LogP contribution >= 0.6 is 0 Å². The van der Waals surface area contributed by atoms with Gasteiger partial charge in [-0.15, -0.1) is 0 Å². The molecule has 0 fully saturated rings. The van der Waals surface area contributed by atoms with Gasteiger partial charge in [0, 0.05) is 20.8 Å². The molecule has 0 aliphatic heterocycles. The molecule has 0 radical (unpaired) electrons. The molecular formula is C5H15NO4Si2. The zero-order valence-electron chi connectivity index (χ0n) is 6.79. The second-order valence-electron chi connectivity index (χ2n) is 1.79. The van der Waals surface area contributed by atoms with Crippen molar-refractivity contribution >= 4 is 25.8 Å². The van der Waals surface area contributed by atoms with Gasteiger partial charge in [-0.2, -0.15) is 4.99 Å². The van der Waals surface area contributed by atoms with Crippen LogP contribution in [-0.4, -0.2) is 46.8 Å². The van der Waals surface area contributed by atoms with Gasteiger partial charge >= 0.3 is 8.80 Å². The third-order valence-electron chi connectivity index (χ3n) is 1.20. The van der Waals surface area contributed by atoms with Crippen LogP contribution in [0.2, 0.25) is 6.55 Å². The summed E-state index contributed by atoms with van der Waals surface area (Å²) in [4.78, 5) is 12.8. The van der Waals surface area contributed by atoms with Gasteiger partial charge in [0.1, 0.15) is 6.73 Å². The molecule has 0 bridgehead atoms. The minimum absolute atomic E-state index is 0. The predicted molar refractivity (Wildman–Crippen MR) is 51.0 cm³/mol. The molecule has 0 unspecified atom stereocenters. The molecule has 0 aromatic carbocycles. The maximum absolute atomic E-state index is 9.63. The zero-order valence-corrected chi connectivity index (χ0v) is 7.79. The fourth-order valence-electron chi connectivity index (χ4n) is 0.377. The smallest absolute Gasteiger partial charge is 0.377 e. The van der Waals surface area contributed by atoms with Crippen LogP contribution in [0.5, 0.6) is 0 Å². The largest absolute Gasteiger partial charge is 0.498 e. The Morgan fingerprint density at radius 3 is 2.25 bits per heavy atom. The van der Waals surface area contributed by atoms with Gasteiger partial charge < -0.3 is 13.3 Å². The number of hydrogen-bond donors (Lipinski definition) is 0. The van der Waals surface area contributed by atoms with Crippen molar-refractivity contribution in [3.63, 3.8) is 0 Å². The van der Waals surface area contributed by atoms with Gasteiger partial charge in [-0.1, -0.05) is 0 Å². The minimum atomic E-state index is -2.51. The molecule has 0 aromatic heterocycles. The van der Waals surface area contributed by atoms with Gasteiger partial charge in [0.2, 0.25) is 6.08 Å². The first-order valence-electron chi connectivity index (χ1n) is 2.96. The maximum atomic E-state index is 9.63. The van der Waals surface area contributed by atoms with Crippen LogP contribution in [0.3, 0.4) is 0 Å². The summed E-state index contributed by atoms with van der Waals surface area (Å²) < 4.78 is 14.9. The average Bonchev–Trinajstić information content (AvgIpc) is 2.05. The average molecular weight is 209 g/mol. The number of rotatable bonds is 5. The third kappa shape index (κ3) is 5.36. The molecule has 7 heteroatoms. The van der Waals surface area contributed by atoms with E-state index in [1.807, 2.05) is 0 Å². The standard InChI is InChI=1S/C5H11NO4Si.H4Si/c1-8-11(3,9-2)10-5-6-4-7;/h5H2,1-3H3;1H4. The zero-order chi connectivity index (χ0) is 8.74. The van der Waals surface area contributed by atoms with Gasteiger partial charge in [0.15, 0.2) is 0 Å². The van der Waals surface area contributed by atoms with Gasteiger partial charge in [-0.25, -0.2) is 4.79 Å². The van der Waals surface area contributed by atoms with Gasteiger partial charge in [-0.05, 0) is 11.0 Å². The van der Waals surface area contributed by atoms with Gasteiger partial charge in [0.25, 0.3) is 0 Å². The molecule has 0 aliphatic carbocycles. The summed E-state index contributed by atoms with van der Waals surface area (Å²) in [7, 11) is 0.466. The highest BCUT2D eigenvalue weighted by Crippen LogP contribution is 2.04. The first-order valence-corrected chi connectivity index (χ1v) is 5.19. The Morgan fingerprint density at radius 2 is 1.92 bits per heavy atom. The molecule has 72 valence electrons. The van der Waals surface area contributed by atoms with Crippen molar-refractivity contribution in [3.05, 3.63) is 0 Å². The molecule has 0 saturated carbocycles. The summed E-state index contributed by atoms with van der Waals surface area (Å²) in [6, 6.07) is 0. The summed E-state index contributed by atoms with van der Waals surface area (Å²) in [5, 5.41) is 0. The molecule has 0 saturated heterocycles. The van der Waals surface area contributed by atoms with Crippen LogP contribution < -0.4 is 0 Å². The summed E-state index contributed by atoms with van der Waals surface area (Å²) in [5.41, 5.74) is 0. The third-order valence-corrected chi connectivity index (χ3v) is 3.33. The lowest BCUT2D eigenvalue weighted by Gasteiger charge is -2.19. The summed E-state index contributed by atoms with van der Waals surface area (Å²) >= 11 is 0. The Morgan fingerprint density at radius 1 is 1.42 bits per heavy atom. The molecule has 0 rings (SSSR count). The van der Waals surface area contributed by atoms with Crippen LogP contribution in [0.1, 0.15) is 0 Å². The van der Waals surface area contributed by atoms with Crippen LogP contribution in [-0.2, 0) is 18.1 Å². The number of isocyanates is 1. The van der Waals surface area contributed by atoms with E-state index in [1.54, 1.807) is 6.55 Å². The topological polar surface area (TPSA) is 57.1 Å². The van der Waals surface area contributed by atoms with E-state index in [9.17, 15) is 4.79 Å². The van der Waals surface area contributed by atoms with Crippen LogP contribution in [0.4, 0.5) is 0 Å². The fourth-order valence-corrected chi connectivity index (χ4v) is 1.08. The number of nitrogens with zero attached hydrogens (tertiary/aromatic N) is 1. The van der Waals surface area contributed by atoms with Gasteiger partial charge in [-0.3, -0.25) is 0 Å². The van der Waals surface area contributed by atoms with Gasteiger partial charge in [0.05, 0.1) is 0 Å². The number of aliphatic imine (C=N–C) groups is 1. The lowest BCUT2D eigenvalue weighted by atomic mass is 11.3. The van der Waals surface area contributed by atoms with E-state index < -0.39 is 8.80 Å². The lowest BCUT2D eigenvalue weighted by molar-refractivity contribution is 0.109. The molecule has 0 aromatic rings. The number of carbonyl (C=O) groups excluding carboxylic acids is 1. The van der Waals surface area contributed by atoms with E-state index in [1.165, 1.54) is 20.3 Å². The van der Waals surface area contributed by atoms with Crippen molar-refractivity contribution in [1.82, 2.24) is 0 Å². The molecule has 0 amide bonds. The van der Waals surface area contributed by atoms with Crippen molar-refractivity contribution in [2.45, 2.75) is 6.55 Å². The first kappa shape index (κ1) is 14.2. The lowest BCUT2D eigenvalue weighted by Crippen LogP contribution is -2.40. The van der Waals surface area contributed by atoms with Crippen molar-refractivity contribution in [1.29, 1.82) is 0 Å². The Hall–Kier alpha value is -0.306. The molecule has 0 spiro atoms. The molecule has 0 N–H and O–H groups in total. The highest BCUT2D eigenvalue weighted by Gasteiger charge is 2.31. The SMILES string of the molecule is CO[Si](C)(OC)OCN=C=O.[SiH4]. The molecule has 0 aliphatic rings. The van der Waals surface area contributed by atoms with E-state index in [0.717, 1.165) is 0 Å². The van der Waals surface area contributed by atoms with Crippen LogP contribution in [0.15, 0.2) is 4.99 Å². The summed E-state index contributed by atoms with van der Waals surface area (Å²) in [6.45, 7) is 1.64. The highest BCUT2D eigenvalue weighted by atomic mass is 28.4. The van der Waals surface area contributed by atoms with Crippen LogP contribution in [0, 0.1) is 0 Å².